The zero-order valence-electron chi connectivity index (χ0n) is 24.3. The summed E-state index contributed by atoms with van der Waals surface area (Å²) in [6.07, 6.45) is 0. The van der Waals surface area contributed by atoms with E-state index >= 15 is 0 Å². The maximum absolute atomic E-state index is 6.11. The Morgan fingerprint density at radius 1 is 0.333 bits per heavy atom. The van der Waals surface area contributed by atoms with Gasteiger partial charge in [0.2, 0.25) is 0 Å². The van der Waals surface area contributed by atoms with Gasteiger partial charge < -0.3 is 4.42 Å². The van der Waals surface area contributed by atoms with Gasteiger partial charge in [0.05, 0.1) is 0 Å². The molecular weight excluding hydrogens is 550 g/mol. The van der Waals surface area contributed by atoms with E-state index < -0.39 is 0 Å². The van der Waals surface area contributed by atoms with E-state index in [0.717, 1.165) is 55.7 Å². The molecule has 45 heavy (non-hydrogen) atoms. The number of nitrogens with zero attached hydrogens (tertiary/aromatic N) is 3. The number of furan rings is 1. The van der Waals surface area contributed by atoms with Gasteiger partial charge in [0.1, 0.15) is 11.3 Å². The number of hydrogen-bond donors (Lipinski definition) is 0. The summed E-state index contributed by atoms with van der Waals surface area (Å²) in [4.78, 5) is 15.1. The molecule has 8 aromatic rings. The summed E-state index contributed by atoms with van der Waals surface area (Å²) in [5, 5.41) is 1.08. The summed E-state index contributed by atoms with van der Waals surface area (Å²) in [7, 11) is 0. The summed E-state index contributed by atoms with van der Waals surface area (Å²) in [5.74, 6) is 2.69. The Morgan fingerprint density at radius 3 is 1.44 bits per heavy atom. The number of rotatable bonds is 6. The Kier molecular flexibility index (Phi) is 6.78. The van der Waals surface area contributed by atoms with Crippen LogP contribution in [0.5, 0.6) is 0 Å². The standard InChI is InChI=1S/C41H27N3O/c1-3-11-28(12-4-1)29-19-23-32(24-20-29)39-42-40(33-25-21-31(22-26-33)38-27-34-15-7-10-18-37(34)45-38)44-41(43-39)36-17-9-8-16-35(36)30-13-5-2-6-14-30/h1-27H. The third-order valence-corrected chi connectivity index (χ3v) is 7.99. The predicted octanol–water partition coefficient (Wildman–Crippen LogP) is 10.6. The lowest BCUT2D eigenvalue weighted by Crippen LogP contribution is -2.01. The van der Waals surface area contributed by atoms with Crippen LogP contribution in [0.4, 0.5) is 0 Å². The zero-order valence-corrected chi connectivity index (χ0v) is 24.3. The van der Waals surface area contributed by atoms with Crippen molar-refractivity contribution in [2.75, 3.05) is 0 Å². The van der Waals surface area contributed by atoms with Gasteiger partial charge in [-0.3, -0.25) is 0 Å². The van der Waals surface area contributed by atoms with Crippen LogP contribution in [0.2, 0.25) is 0 Å². The van der Waals surface area contributed by atoms with Crippen LogP contribution in [0.3, 0.4) is 0 Å². The maximum atomic E-state index is 6.11. The number of para-hydroxylation sites is 1. The minimum Gasteiger partial charge on any atom is -0.456 e. The number of benzene rings is 6. The van der Waals surface area contributed by atoms with Gasteiger partial charge in [0.15, 0.2) is 17.5 Å². The summed E-state index contributed by atoms with van der Waals surface area (Å²) >= 11 is 0. The second-order valence-electron chi connectivity index (χ2n) is 10.9. The van der Waals surface area contributed by atoms with Gasteiger partial charge in [-0.1, -0.05) is 152 Å². The van der Waals surface area contributed by atoms with Gasteiger partial charge in [-0.05, 0) is 34.4 Å². The monoisotopic (exact) mass is 577 g/mol. The quantitative estimate of drug-likeness (QED) is 0.197. The molecule has 0 radical (unpaired) electrons. The molecule has 0 spiro atoms. The fourth-order valence-electron chi connectivity index (χ4n) is 5.65. The fraction of sp³-hybridized carbons (Fsp3) is 0. The molecule has 0 atom stereocenters. The molecule has 0 aliphatic carbocycles. The molecule has 0 aliphatic heterocycles. The molecule has 4 nitrogen and oxygen atoms in total. The highest BCUT2D eigenvalue weighted by molar-refractivity contribution is 5.84. The molecule has 2 aromatic heterocycles. The van der Waals surface area contributed by atoms with Crippen LogP contribution in [0.15, 0.2) is 168 Å². The first-order chi connectivity index (χ1) is 22.3. The summed E-state index contributed by atoms with van der Waals surface area (Å²) in [5.41, 5.74) is 9.14. The van der Waals surface area contributed by atoms with Crippen molar-refractivity contribution in [2.45, 2.75) is 0 Å². The third kappa shape index (κ3) is 5.30. The van der Waals surface area contributed by atoms with Crippen LogP contribution in [0.25, 0.3) is 78.7 Å². The molecule has 4 heteroatoms. The van der Waals surface area contributed by atoms with Crippen molar-refractivity contribution >= 4 is 11.0 Å². The van der Waals surface area contributed by atoms with Crippen molar-refractivity contribution in [3.8, 4) is 67.7 Å². The molecule has 2 heterocycles. The smallest absolute Gasteiger partial charge is 0.164 e. The average Bonchev–Trinajstić information content (AvgIpc) is 3.57. The summed E-state index contributed by atoms with van der Waals surface area (Å²) < 4.78 is 6.11. The van der Waals surface area contributed by atoms with E-state index in [1.165, 1.54) is 5.56 Å². The number of hydrogen-bond acceptors (Lipinski definition) is 4. The van der Waals surface area contributed by atoms with Crippen molar-refractivity contribution in [3.05, 3.63) is 164 Å². The van der Waals surface area contributed by atoms with Crippen LogP contribution in [0.1, 0.15) is 0 Å². The Labute approximate surface area is 261 Å². The molecule has 0 fully saturated rings. The first kappa shape index (κ1) is 26.5. The Hall–Kier alpha value is -6.13. The third-order valence-electron chi connectivity index (χ3n) is 7.99. The van der Waals surface area contributed by atoms with Crippen molar-refractivity contribution in [3.63, 3.8) is 0 Å². The molecule has 0 saturated heterocycles. The predicted molar refractivity (Wildman–Crippen MR) is 182 cm³/mol. The topological polar surface area (TPSA) is 51.8 Å². The van der Waals surface area contributed by atoms with E-state index in [1.54, 1.807) is 0 Å². The van der Waals surface area contributed by atoms with Gasteiger partial charge in [0, 0.05) is 27.6 Å². The van der Waals surface area contributed by atoms with Crippen LogP contribution in [0, 0.1) is 0 Å². The largest absolute Gasteiger partial charge is 0.456 e. The molecule has 0 N–H and O–H groups in total. The minimum atomic E-state index is 0.612. The molecule has 8 rings (SSSR count). The summed E-state index contributed by atoms with van der Waals surface area (Å²) in [6, 6.07) is 55.7. The minimum absolute atomic E-state index is 0.612. The maximum Gasteiger partial charge on any atom is 0.164 e. The van der Waals surface area contributed by atoms with E-state index in [0.29, 0.717) is 17.5 Å². The SMILES string of the molecule is c1ccc(-c2ccc(-c3nc(-c4ccc(-c5cc6ccccc6o5)cc4)nc(-c4ccccc4-c4ccccc4)n3)cc2)cc1. The second-order valence-corrected chi connectivity index (χ2v) is 10.9. The van der Waals surface area contributed by atoms with Crippen LogP contribution < -0.4 is 0 Å². The van der Waals surface area contributed by atoms with Gasteiger partial charge in [-0.2, -0.15) is 0 Å². The normalized spacial score (nSPS) is 11.1. The Balaban J connectivity index is 1.23. The fourth-order valence-corrected chi connectivity index (χ4v) is 5.65. The first-order valence-electron chi connectivity index (χ1n) is 14.9. The lowest BCUT2D eigenvalue weighted by molar-refractivity contribution is 0.631. The van der Waals surface area contributed by atoms with Crippen molar-refractivity contribution in [2.24, 2.45) is 0 Å². The number of aromatic nitrogens is 3. The zero-order chi connectivity index (χ0) is 30.0. The van der Waals surface area contributed by atoms with Gasteiger partial charge in [-0.25, -0.2) is 15.0 Å². The highest BCUT2D eigenvalue weighted by Crippen LogP contribution is 2.34. The molecular formula is C41H27N3O. The van der Waals surface area contributed by atoms with Gasteiger partial charge >= 0.3 is 0 Å². The Morgan fingerprint density at radius 2 is 0.800 bits per heavy atom. The highest BCUT2D eigenvalue weighted by Gasteiger charge is 2.16. The second kappa shape index (κ2) is 11.5. The van der Waals surface area contributed by atoms with Crippen molar-refractivity contribution in [1.29, 1.82) is 0 Å². The molecule has 0 saturated carbocycles. The van der Waals surface area contributed by atoms with Crippen LogP contribution >= 0.6 is 0 Å². The van der Waals surface area contributed by atoms with Crippen LogP contribution in [-0.2, 0) is 0 Å². The molecule has 0 bridgehead atoms. The lowest BCUT2D eigenvalue weighted by atomic mass is 9.99. The van der Waals surface area contributed by atoms with E-state index in [1.807, 2.05) is 66.7 Å². The van der Waals surface area contributed by atoms with Crippen molar-refractivity contribution in [1.82, 2.24) is 15.0 Å². The molecule has 212 valence electrons. The van der Waals surface area contributed by atoms with E-state index in [2.05, 4.69) is 97.1 Å². The average molecular weight is 578 g/mol. The molecule has 6 aromatic carbocycles. The first-order valence-corrected chi connectivity index (χ1v) is 14.9. The van der Waals surface area contributed by atoms with Crippen molar-refractivity contribution < 1.29 is 4.42 Å². The molecule has 0 amide bonds. The molecule has 0 unspecified atom stereocenters. The highest BCUT2D eigenvalue weighted by atomic mass is 16.3. The van der Waals surface area contributed by atoms with E-state index in [9.17, 15) is 0 Å². The van der Waals surface area contributed by atoms with E-state index in [4.69, 9.17) is 19.4 Å². The van der Waals surface area contributed by atoms with Gasteiger partial charge in [-0.15, -0.1) is 0 Å². The summed E-state index contributed by atoms with van der Waals surface area (Å²) in [6.45, 7) is 0. The lowest BCUT2D eigenvalue weighted by Gasteiger charge is -2.12. The molecule has 0 aliphatic rings. The number of fused-ring (bicyclic) bond motifs is 1. The van der Waals surface area contributed by atoms with Gasteiger partial charge in [0.25, 0.3) is 0 Å². The Bertz CT molecular complexity index is 2210. The van der Waals surface area contributed by atoms with Crippen LogP contribution in [-0.4, -0.2) is 15.0 Å². The van der Waals surface area contributed by atoms with E-state index in [-0.39, 0.29) is 0 Å².